The van der Waals surface area contributed by atoms with Gasteiger partial charge in [-0.15, -0.1) is 0 Å². The summed E-state index contributed by atoms with van der Waals surface area (Å²) in [5.41, 5.74) is 2.59. The van der Waals surface area contributed by atoms with Crippen LogP contribution >= 0.6 is 11.6 Å². The van der Waals surface area contributed by atoms with Crippen molar-refractivity contribution in [2.24, 2.45) is 0 Å². The van der Waals surface area contributed by atoms with E-state index in [1.807, 2.05) is 32.0 Å². The predicted octanol–water partition coefficient (Wildman–Crippen LogP) is 3.77. The zero-order chi connectivity index (χ0) is 21.0. The highest BCUT2D eigenvalue weighted by Gasteiger charge is 2.28. The van der Waals surface area contributed by atoms with Crippen molar-refractivity contribution in [1.82, 2.24) is 9.29 Å². The summed E-state index contributed by atoms with van der Waals surface area (Å²) in [6.45, 7) is 3.35. The molecule has 0 fully saturated rings. The Bertz CT molecular complexity index is 1080. The minimum absolute atomic E-state index is 0.0624. The van der Waals surface area contributed by atoms with E-state index in [1.54, 1.807) is 12.1 Å². The second-order valence-electron chi connectivity index (χ2n) is 6.59. The molecule has 0 unspecified atom stereocenters. The smallest absolute Gasteiger partial charge is 0.245 e. The molecule has 152 valence electrons. The highest BCUT2D eigenvalue weighted by molar-refractivity contribution is 7.89. The van der Waals surface area contributed by atoms with Crippen molar-refractivity contribution in [2.45, 2.75) is 25.3 Å². The van der Waals surface area contributed by atoms with E-state index in [9.17, 15) is 13.2 Å². The normalized spacial score (nSPS) is 11.6. The molecule has 2 heterocycles. The highest BCUT2D eigenvalue weighted by atomic mass is 35.5. The molecular weight excluding hydrogens is 414 g/mol. The van der Waals surface area contributed by atoms with Gasteiger partial charge in [0.05, 0.1) is 19.4 Å². The maximum absolute atomic E-state index is 13.1. The number of benzene rings is 1. The Labute approximate surface area is 174 Å². The van der Waals surface area contributed by atoms with Crippen LogP contribution in [0.4, 0.5) is 5.69 Å². The Hall–Kier alpha value is -2.68. The molecule has 3 aromatic rings. The molecule has 7 nitrogen and oxygen atoms in total. The molecule has 0 aliphatic rings. The van der Waals surface area contributed by atoms with Gasteiger partial charge in [-0.25, -0.2) is 13.4 Å². The number of amides is 1. The SMILES string of the molecule is Cc1cc(C)cc(NC(=O)CN(Cc2ccco2)S(=O)(=O)c2ccc(Cl)nc2)c1. The van der Waals surface area contributed by atoms with Crippen molar-refractivity contribution in [2.75, 3.05) is 11.9 Å². The van der Waals surface area contributed by atoms with Gasteiger partial charge in [-0.2, -0.15) is 4.31 Å². The van der Waals surface area contributed by atoms with Crippen LogP contribution in [0.2, 0.25) is 5.15 Å². The Morgan fingerprint density at radius 1 is 1.17 bits per heavy atom. The number of halogens is 1. The van der Waals surface area contributed by atoms with E-state index in [0.29, 0.717) is 11.4 Å². The van der Waals surface area contributed by atoms with Crippen LogP contribution in [-0.2, 0) is 21.4 Å². The van der Waals surface area contributed by atoms with Crippen molar-refractivity contribution in [3.63, 3.8) is 0 Å². The van der Waals surface area contributed by atoms with Crippen LogP contribution in [0.25, 0.3) is 0 Å². The second kappa shape index (κ2) is 8.77. The standard InChI is InChI=1S/C20H20ClN3O4S/c1-14-8-15(2)10-16(9-14)23-20(25)13-24(12-17-4-3-7-28-17)29(26,27)18-5-6-19(21)22-11-18/h3-11H,12-13H2,1-2H3,(H,23,25). The lowest BCUT2D eigenvalue weighted by atomic mass is 10.1. The molecule has 0 bridgehead atoms. The fourth-order valence-electron chi connectivity index (χ4n) is 2.87. The third kappa shape index (κ3) is 5.44. The average molecular weight is 434 g/mol. The molecule has 0 saturated heterocycles. The molecule has 0 saturated carbocycles. The van der Waals surface area contributed by atoms with Gasteiger partial charge in [-0.1, -0.05) is 17.7 Å². The summed E-state index contributed by atoms with van der Waals surface area (Å²) in [5.74, 6) is -0.0539. The number of carbonyl (C=O) groups excluding carboxylic acids is 1. The number of sulfonamides is 1. The van der Waals surface area contributed by atoms with Crippen LogP contribution in [0, 0.1) is 13.8 Å². The lowest BCUT2D eigenvalue weighted by molar-refractivity contribution is -0.116. The number of carbonyl (C=O) groups is 1. The van der Waals surface area contributed by atoms with Crippen molar-refractivity contribution in [3.05, 3.63) is 77.0 Å². The van der Waals surface area contributed by atoms with Gasteiger partial charge >= 0.3 is 0 Å². The molecule has 29 heavy (non-hydrogen) atoms. The van der Waals surface area contributed by atoms with Crippen LogP contribution in [-0.4, -0.2) is 30.2 Å². The summed E-state index contributed by atoms with van der Waals surface area (Å²) in [5, 5.41) is 2.93. The number of aryl methyl sites for hydroxylation is 2. The molecule has 2 aromatic heterocycles. The molecule has 9 heteroatoms. The van der Waals surface area contributed by atoms with Crippen LogP contribution in [0.1, 0.15) is 16.9 Å². The zero-order valence-corrected chi connectivity index (χ0v) is 17.5. The van der Waals surface area contributed by atoms with Crippen LogP contribution in [0.15, 0.2) is 64.2 Å². The molecule has 1 aromatic carbocycles. The Kier molecular flexibility index (Phi) is 6.36. The van der Waals surface area contributed by atoms with Crippen molar-refractivity contribution < 1.29 is 17.6 Å². The molecule has 1 amide bonds. The van der Waals surface area contributed by atoms with E-state index in [1.165, 1.54) is 18.4 Å². The van der Waals surface area contributed by atoms with Crippen molar-refractivity contribution in [1.29, 1.82) is 0 Å². The first-order valence-corrected chi connectivity index (χ1v) is 10.6. The summed E-state index contributed by atoms with van der Waals surface area (Å²) >= 11 is 5.76. The Morgan fingerprint density at radius 2 is 1.90 bits per heavy atom. The summed E-state index contributed by atoms with van der Waals surface area (Å²) in [6.07, 6.45) is 2.61. The number of furan rings is 1. The fourth-order valence-corrected chi connectivity index (χ4v) is 4.29. The van der Waals surface area contributed by atoms with Gasteiger partial charge in [0.2, 0.25) is 15.9 Å². The number of anilines is 1. The third-order valence-corrected chi connectivity index (χ3v) is 6.07. The molecular formula is C20H20ClN3O4S. The summed E-state index contributed by atoms with van der Waals surface area (Å²) in [4.78, 5) is 16.4. The van der Waals surface area contributed by atoms with Gasteiger partial charge in [-0.3, -0.25) is 4.79 Å². The van der Waals surface area contributed by atoms with Crippen molar-refractivity contribution >= 4 is 33.2 Å². The summed E-state index contributed by atoms with van der Waals surface area (Å²) in [6, 6.07) is 11.6. The maximum Gasteiger partial charge on any atom is 0.245 e. The van der Waals surface area contributed by atoms with Gasteiger partial charge < -0.3 is 9.73 Å². The van der Waals surface area contributed by atoms with Crippen LogP contribution in [0.3, 0.4) is 0 Å². The molecule has 0 spiro atoms. The summed E-state index contributed by atoms with van der Waals surface area (Å²) in [7, 11) is -4.01. The van der Waals surface area contributed by atoms with E-state index in [0.717, 1.165) is 21.6 Å². The first-order valence-electron chi connectivity index (χ1n) is 8.76. The first kappa shape index (κ1) is 21.0. The van der Waals surface area contributed by atoms with Gasteiger partial charge in [0.25, 0.3) is 0 Å². The van der Waals surface area contributed by atoms with Gasteiger partial charge in [-0.05, 0) is 61.4 Å². The molecule has 0 aliphatic heterocycles. The first-order chi connectivity index (χ1) is 13.7. The number of nitrogens with zero attached hydrogens (tertiary/aromatic N) is 2. The van der Waals surface area contributed by atoms with Crippen molar-refractivity contribution in [3.8, 4) is 0 Å². The number of aromatic nitrogens is 1. The van der Waals surface area contributed by atoms with Gasteiger partial charge in [0.1, 0.15) is 15.8 Å². The van der Waals surface area contributed by atoms with E-state index < -0.39 is 22.5 Å². The molecule has 3 rings (SSSR count). The molecule has 0 radical (unpaired) electrons. The molecule has 0 aliphatic carbocycles. The fraction of sp³-hybridized carbons (Fsp3) is 0.200. The number of rotatable bonds is 7. The monoisotopic (exact) mass is 433 g/mol. The lowest BCUT2D eigenvalue weighted by Gasteiger charge is -2.21. The van der Waals surface area contributed by atoms with Gasteiger partial charge in [0.15, 0.2) is 0 Å². The number of pyridine rings is 1. The number of hydrogen-bond donors (Lipinski definition) is 1. The minimum atomic E-state index is -4.01. The molecule has 1 N–H and O–H groups in total. The highest BCUT2D eigenvalue weighted by Crippen LogP contribution is 2.20. The average Bonchev–Trinajstić information content (AvgIpc) is 3.13. The van der Waals surface area contributed by atoms with Crippen LogP contribution < -0.4 is 5.32 Å². The predicted molar refractivity (Wildman–Crippen MR) is 110 cm³/mol. The topological polar surface area (TPSA) is 92.5 Å². The zero-order valence-electron chi connectivity index (χ0n) is 15.9. The third-order valence-electron chi connectivity index (χ3n) is 4.08. The number of nitrogens with one attached hydrogen (secondary N) is 1. The van der Waals surface area contributed by atoms with Gasteiger partial charge in [0, 0.05) is 11.9 Å². The quantitative estimate of drug-likeness (QED) is 0.572. The van der Waals surface area contributed by atoms with E-state index in [4.69, 9.17) is 16.0 Å². The largest absolute Gasteiger partial charge is 0.468 e. The van der Waals surface area contributed by atoms with E-state index in [2.05, 4.69) is 10.3 Å². The second-order valence-corrected chi connectivity index (χ2v) is 8.92. The maximum atomic E-state index is 13.1. The summed E-state index contributed by atoms with van der Waals surface area (Å²) < 4.78 is 32.5. The Balaban J connectivity index is 1.85. The number of hydrogen-bond acceptors (Lipinski definition) is 5. The lowest BCUT2D eigenvalue weighted by Crippen LogP contribution is -2.37. The van der Waals surface area contributed by atoms with E-state index in [-0.39, 0.29) is 16.6 Å². The Morgan fingerprint density at radius 3 is 2.48 bits per heavy atom. The van der Waals surface area contributed by atoms with Crippen LogP contribution in [0.5, 0.6) is 0 Å². The van der Waals surface area contributed by atoms with E-state index >= 15 is 0 Å². The minimum Gasteiger partial charge on any atom is -0.468 e. The molecule has 0 atom stereocenters.